The molecular weight excluding hydrogens is 216 g/mol. The van der Waals surface area contributed by atoms with E-state index < -0.39 is 29.2 Å². The Kier molecular flexibility index (Phi) is 3.03. The van der Waals surface area contributed by atoms with Crippen molar-refractivity contribution in [2.24, 2.45) is 5.73 Å². The summed E-state index contributed by atoms with van der Waals surface area (Å²) < 4.78 is 26.1. The third-order valence-corrected chi connectivity index (χ3v) is 1.84. The van der Waals surface area contributed by atoms with Gasteiger partial charge in [-0.3, -0.25) is 4.79 Å². The molecule has 14 heavy (non-hydrogen) atoms. The second-order valence-corrected chi connectivity index (χ2v) is 3.04. The molecular formula is C8H6ClF2NO2. The topological polar surface area (TPSA) is 63.3 Å². The van der Waals surface area contributed by atoms with Crippen LogP contribution in [0, 0.1) is 11.6 Å². The Hall–Kier alpha value is -1.20. The van der Waals surface area contributed by atoms with E-state index >= 15 is 0 Å². The Balaban J connectivity index is 3.27. The molecule has 3 N–H and O–H groups in total. The predicted molar refractivity (Wildman–Crippen MR) is 45.9 cm³/mol. The monoisotopic (exact) mass is 221 g/mol. The van der Waals surface area contributed by atoms with E-state index in [2.05, 4.69) is 0 Å². The molecule has 1 rings (SSSR count). The first-order valence-corrected chi connectivity index (χ1v) is 3.94. The van der Waals surface area contributed by atoms with E-state index in [1.807, 2.05) is 0 Å². The summed E-state index contributed by atoms with van der Waals surface area (Å²) in [5, 5.41) is 8.31. The highest BCUT2D eigenvalue weighted by Crippen LogP contribution is 2.23. The predicted octanol–water partition coefficient (Wildman–Crippen LogP) is 1.70. The fourth-order valence-corrected chi connectivity index (χ4v) is 1.17. The van der Waals surface area contributed by atoms with Gasteiger partial charge in [0.2, 0.25) is 0 Å². The third-order valence-electron chi connectivity index (χ3n) is 1.62. The van der Waals surface area contributed by atoms with Crippen LogP contribution in [-0.2, 0) is 4.79 Å². The molecule has 0 saturated carbocycles. The minimum Gasteiger partial charge on any atom is -0.480 e. The molecule has 0 aliphatic carbocycles. The Bertz CT molecular complexity index is 361. The summed E-state index contributed by atoms with van der Waals surface area (Å²) in [4.78, 5) is 10.4. The summed E-state index contributed by atoms with van der Waals surface area (Å²) in [6.45, 7) is 0. The van der Waals surface area contributed by atoms with Crippen LogP contribution >= 0.6 is 11.6 Å². The molecule has 6 heteroatoms. The molecule has 1 atom stereocenters. The van der Waals surface area contributed by atoms with E-state index in [0.29, 0.717) is 0 Å². The van der Waals surface area contributed by atoms with Crippen LogP contribution in [0.15, 0.2) is 12.1 Å². The molecule has 0 fully saturated rings. The van der Waals surface area contributed by atoms with Crippen molar-refractivity contribution < 1.29 is 18.7 Å². The van der Waals surface area contributed by atoms with Gasteiger partial charge in [-0.15, -0.1) is 0 Å². The van der Waals surface area contributed by atoms with Gasteiger partial charge < -0.3 is 10.8 Å². The summed E-state index contributed by atoms with van der Waals surface area (Å²) in [5.74, 6) is -3.64. The van der Waals surface area contributed by atoms with Gasteiger partial charge >= 0.3 is 5.97 Å². The van der Waals surface area contributed by atoms with Gasteiger partial charge in [0.15, 0.2) is 0 Å². The van der Waals surface area contributed by atoms with Crippen LogP contribution < -0.4 is 5.73 Å². The molecule has 76 valence electrons. The minimum absolute atomic E-state index is 0.152. The average Bonchev–Trinajstić information content (AvgIpc) is 2.01. The van der Waals surface area contributed by atoms with Crippen LogP contribution in [0.2, 0.25) is 5.02 Å². The van der Waals surface area contributed by atoms with Crippen molar-refractivity contribution >= 4 is 17.6 Å². The number of benzene rings is 1. The molecule has 0 heterocycles. The number of carboxylic acids is 1. The highest BCUT2D eigenvalue weighted by molar-refractivity contribution is 6.30. The highest BCUT2D eigenvalue weighted by atomic mass is 35.5. The van der Waals surface area contributed by atoms with Gasteiger partial charge in [0, 0.05) is 5.02 Å². The van der Waals surface area contributed by atoms with E-state index in [9.17, 15) is 13.6 Å². The van der Waals surface area contributed by atoms with Crippen LogP contribution in [0.4, 0.5) is 8.78 Å². The second-order valence-electron chi connectivity index (χ2n) is 2.60. The Morgan fingerprint density at radius 2 is 1.86 bits per heavy atom. The van der Waals surface area contributed by atoms with Gasteiger partial charge in [0.25, 0.3) is 0 Å². The lowest BCUT2D eigenvalue weighted by Gasteiger charge is -2.09. The first-order chi connectivity index (χ1) is 6.43. The zero-order valence-corrected chi connectivity index (χ0v) is 7.55. The average molecular weight is 222 g/mol. The second kappa shape index (κ2) is 3.89. The van der Waals surface area contributed by atoms with Crippen molar-refractivity contribution in [1.29, 1.82) is 0 Å². The minimum atomic E-state index is -1.73. The fraction of sp³-hybridized carbons (Fsp3) is 0.125. The Labute approximate surface area is 83.1 Å². The third kappa shape index (κ3) is 2.00. The van der Waals surface area contributed by atoms with E-state index in [-0.39, 0.29) is 5.02 Å². The van der Waals surface area contributed by atoms with E-state index in [1.165, 1.54) is 0 Å². The normalized spacial score (nSPS) is 12.6. The lowest BCUT2D eigenvalue weighted by Crippen LogP contribution is -2.23. The van der Waals surface area contributed by atoms with Gasteiger partial charge in [-0.05, 0) is 12.1 Å². The SMILES string of the molecule is NC(C(=O)O)c1c(F)cc(Cl)cc1F. The van der Waals surface area contributed by atoms with Crippen LogP contribution in [0.3, 0.4) is 0 Å². The Morgan fingerprint density at radius 3 is 2.21 bits per heavy atom. The summed E-state index contributed by atoms with van der Waals surface area (Å²) in [6.07, 6.45) is 0. The molecule has 3 nitrogen and oxygen atoms in total. The maximum Gasteiger partial charge on any atom is 0.325 e. The van der Waals surface area contributed by atoms with Crippen LogP contribution in [0.25, 0.3) is 0 Å². The van der Waals surface area contributed by atoms with Crippen molar-refractivity contribution in [3.05, 3.63) is 34.4 Å². The number of rotatable bonds is 2. The largest absolute Gasteiger partial charge is 0.480 e. The fourth-order valence-electron chi connectivity index (χ4n) is 0.974. The number of halogens is 3. The number of hydrogen-bond donors (Lipinski definition) is 2. The summed E-state index contributed by atoms with van der Waals surface area (Å²) in [6, 6.07) is -0.113. The summed E-state index contributed by atoms with van der Waals surface area (Å²) >= 11 is 5.34. The van der Waals surface area contributed by atoms with Crippen molar-refractivity contribution in [2.45, 2.75) is 6.04 Å². The van der Waals surface area contributed by atoms with Crippen LogP contribution in [0.5, 0.6) is 0 Å². The number of carbonyl (C=O) groups is 1. The van der Waals surface area contributed by atoms with E-state index in [0.717, 1.165) is 12.1 Å². The highest BCUT2D eigenvalue weighted by Gasteiger charge is 2.23. The van der Waals surface area contributed by atoms with Gasteiger partial charge in [-0.1, -0.05) is 11.6 Å². The van der Waals surface area contributed by atoms with Crippen molar-refractivity contribution in [3.63, 3.8) is 0 Å². The standard InChI is InChI=1S/C8H6ClF2NO2/c9-3-1-4(10)6(5(11)2-3)7(12)8(13)14/h1-2,7H,12H2,(H,13,14). The first-order valence-electron chi connectivity index (χ1n) is 3.56. The molecule has 0 saturated heterocycles. The molecule has 0 aliphatic rings. The molecule has 0 radical (unpaired) electrons. The van der Waals surface area contributed by atoms with Crippen molar-refractivity contribution in [3.8, 4) is 0 Å². The van der Waals surface area contributed by atoms with Crippen LogP contribution in [-0.4, -0.2) is 11.1 Å². The molecule has 0 aromatic heterocycles. The zero-order chi connectivity index (χ0) is 10.9. The molecule has 1 aromatic carbocycles. The van der Waals surface area contributed by atoms with Crippen LogP contribution in [0.1, 0.15) is 11.6 Å². The molecule has 1 aromatic rings. The summed E-state index contributed by atoms with van der Waals surface area (Å²) in [5.41, 5.74) is 4.37. The molecule has 0 bridgehead atoms. The van der Waals surface area contributed by atoms with E-state index in [4.69, 9.17) is 22.4 Å². The lowest BCUT2D eigenvalue weighted by molar-refractivity contribution is -0.138. The molecule has 1 unspecified atom stereocenters. The number of aliphatic carboxylic acids is 1. The quantitative estimate of drug-likeness (QED) is 0.799. The molecule has 0 spiro atoms. The number of nitrogens with two attached hydrogens (primary N) is 1. The van der Waals surface area contributed by atoms with E-state index in [1.54, 1.807) is 0 Å². The van der Waals surface area contributed by atoms with Gasteiger partial charge in [0.1, 0.15) is 17.7 Å². The zero-order valence-electron chi connectivity index (χ0n) is 6.80. The van der Waals surface area contributed by atoms with Gasteiger partial charge in [0.05, 0.1) is 5.56 Å². The Morgan fingerprint density at radius 1 is 1.43 bits per heavy atom. The maximum atomic E-state index is 13.1. The van der Waals surface area contributed by atoms with Crippen molar-refractivity contribution in [2.75, 3.05) is 0 Å². The summed E-state index contributed by atoms with van der Waals surface area (Å²) in [7, 11) is 0. The maximum absolute atomic E-state index is 13.1. The first kappa shape index (κ1) is 10.9. The molecule has 0 amide bonds. The smallest absolute Gasteiger partial charge is 0.325 e. The number of hydrogen-bond acceptors (Lipinski definition) is 2. The van der Waals surface area contributed by atoms with Crippen molar-refractivity contribution in [1.82, 2.24) is 0 Å². The van der Waals surface area contributed by atoms with Gasteiger partial charge in [-0.25, -0.2) is 8.78 Å². The number of carboxylic acid groups (broad SMARTS) is 1. The molecule has 0 aliphatic heterocycles. The lowest BCUT2D eigenvalue weighted by atomic mass is 10.1. The van der Waals surface area contributed by atoms with Gasteiger partial charge in [-0.2, -0.15) is 0 Å².